The summed E-state index contributed by atoms with van der Waals surface area (Å²) in [6.45, 7) is 24.7. The fourth-order valence-corrected chi connectivity index (χ4v) is 9.96. The Balaban J connectivity index is 1.27. The van der Waals surface area contributed by atoms with Gasteiger partial charge in [0.1, 0.15) is 17.0 Å². The van der Waals surface area contributed by atoms with E-state index in [4.69, 9.17) is 14.7 Å². The Morgan fingerprint density at radius 1 is 0.855 bits per heavy atom. The highest BCUT2D eigenvalue weighted by Gasteiger charge is 2.59. The molecule has 0 N–H and O–H groups in total. The maximum atomic E-state index is 15.0. The van der Waals surface area contributed by atoms with Crippen LogP contribution in [0.25, 0.3) is 0 Å². The number of aryl methyl sites for hydroxylation is 2. The molecule has 0 saturated carbocycles. The lowest BCUT2D eigenvalue weighted by molar-refractivity contribution is 0.0475. The van der Waals surface area contributed by atoms with E-state index in [2.05, 4.69) is 63.8 Å². The van der Waals surface area contributed by atoms with Crippen molar-refractivity contribution >= 4 is 32.9 Å². The first-order chi connectivity index (χ1) is 26.4. The molecule has 3 heterocycles. The standard InChI is InChI=1S/C48H53N3O3S/c1-28(2)32-22-33(44-50-48(12)39-17-15-30(4)31(5)38(39)27-47(48,11)54-44)24-37(23-32)55(52,53)36-21-29(3)20-35(26-36)51-42-18-16-34(45(6,7)8)25-41(42)46(9,10)40-14-13-19-49-43(40)51/h13-26,28H,27H2,1-12H3/t47-,48+/m0/s1/i27D2. The maximum absolute atomic E-state index is 15.0. The van der Waals surface area contributed by atoms with Crippen LogP contribution in [0.2, 0.25) is 0 Å². The first-order valence-corrected chi connectivity index (χ1v) is 20.7. The number of fused-ring (bicyclic) bond motifs is 5. The van der Waals surface area contributed by atoms with E-state index < -0.39 is 27.4 Å². The highest BCUT2D eigenvalue weighted by molar-refractivity contribution is 7.91. The van der Waals surface area contributed by atoms with E-state index in [1.165, 1.54) is 5.56 Å². The number of aliphatic imine (C=N–C) groups is 1. The van der Waals surface area contributed by atoms with Crippen LogP contribution in [-0.4, -0.2) is 24.9 Å². The molecule has 2 aliphatic heterocycles. The van der Waals surface area contributed by atoms with E-state index in [0.717, 1.165) is 50.4 Å². The zero-order valence-electron chi connectivity index (χ0n) is 36.1. The van der Waals surface area contributed by atoms with Crippen LogP contribution in [0.3, 0.4) is 0 Å². The SMILES string of the molecule is [2H]C1([2H])c2c(ccc(C)c2C)[C@@]2(C)N=C(c3cc(C(C)C)cc(S(=O)(=O)c4cc(C)cc(N5c6ccc(C(C)(C)C)cc6C(C)(C)c6cccnc65)c4)c3)O[C@@]12C. The molecule has 55 heavy (non-hydrogen) atoms. The van der Waals surface area contributed by atoms with Gasteiger partial charge in [0, 0.05) is 37.5 Å². The van der Waals surface area contributed by atoms with Crippen molar-refractivity contribution in [2.24, 2.45) is 4.99 Å². The Labute approximate surface area is 330 Å². The van der Waals surface area contributed by atoms with Gasteiger partial charge in [0.25, 0.3) is 0 Å². The van der Waals surface area contributed by atoms with Gasteiger partial charge in [-0.25, -0.2) is 18.4 Å². The van der Waals surface area contributed by atoms with Crippen molar-refractivity contribution in [3.05, 3.63) is 141 Å². The molecular formula is C48H53N3O3S. The van der Waals surface area contributed by atoms with Crippen molar-refractivity contribution in [1.82, 2.24) is 4.98 Å². The van der Waals surface area contributed by atoms with Crippen molar-refractivity contribution in [2.45, 2.75) is 127 Å². The van der Waals surface area contributed by atoms with E-state index >= 15 is 0 Å². The van der Waals surface area contributed by atoms with Crippen LogP contribution in [0.4, 0.5) is 17.2 Å². The summed E-state index contributed by atoms with van der Waals surface area (Å²) < 4.78 is 55.5. The number of aromatic nitrogens is 1. The van der Waals surface area contributed by atoms with Crippen LogP contribution in [-0.2, 0) is 37.3 Å². The minimum atomic E-state index is -4.10. The summed E-state index contributed by atoms with van der Waals surface area (Å²) in [4.78, 5) is 12.4. The van der Waals surface area contributed by atoms with Gasteiger partial charge in [0.2, 0.25) is 15.7 Å². The molecule has 1 aromatic heterocycles. The average Bonchev–Trinajstić information content (AvgIpc) is 3.49. The van der Waals surface area contributed by atoms with Gasteiger partial charge in [-0.05, 0) is 139 Å². The third-order valence-electron chi connectivity index (χ3n) is 12.4. The van der Waals surface area contributed by atoms with Crippen LogP contribution in [0.5, 0.6) is 0 Å². The van der Waals surface area contributed by atoms with Crippen LogP contribution in [0.15, 0.2) is 99.8 Å². The van der Waals surface area contributed by atoms with Crippen LogP contribution < -0.4 is 4.90 Å². The summed E-state index contributed by atoms with van der Waals surface area (Å²) in [5.41, 5.74) is 7.75. The predicted molar refractivity (Wildman–Crippen MR) is 223 cm³/mol. The summed E-state index contributed by atoms with van der Waals surface area (Å²) in [6.07, 6.45) is -0.0665. The summed E-state index contributed by atoms with van der Waals surface area (Å²) in [5, 5.41) is 0. The van der Waals surface area contributed by atoms with E-state index in [1.54, 1.807) is 37.4 Å². The minimum absolute atomic E-state index is 0.00814. The molecule has 7 heteroatoms. The van der Waals surface area contributed by atoms with E-state index in [1.807, 2.05) is 71.9 Å². The fourth-order valence-electron chi connectivity index (χ4n) is 8.50. The molecule has 0 spiro atoms. The second-order valence-corrected chi connectivity index (χ2v) is 19.9. The Hall–Kier alpha value is -4.75. The van der Waals surface area contributed by atoms with Gasteiger partial charge < -0.3 is 4.74 Å². The Morgan fingerprint density at radius 3 is 2.29 bits per heavy atom. The van der Waals surface area contributed by atoms with Gasteiger partial charge >= 0.3 is 0 Å². The summed E-state index contributed by atoms with van der Waals surface area (Å²) in [6, 6.07) is 25.5. The molecule has 4 aromatic carbocycles. The smallest absolute Gasteiger partial charge is 0.217 e. The lowest BCUT2D eigenvalue weighted by atomic mass is 9.72. The van der Waals surface area contributed by atoms with Gasteiger partial charge in [-0.3, -0.25) is 4.90 Å². The molecule has 8 rings (SSSR count). The molecule has 0 fully saturated rings. The quantitative estimate of drug-likeness (QED) is 0.179. The van der Waals surface area contributed by atoms with Crippen molar-refractivity contribution in [3.63, 3.8) is 0 Å². The highest BCUT2D eigenvalue weighted by atomic mass is 32.2. The predicted octanol–water partition coefficient (Wildman–Crippen LogP) is 11.4. The molecule has 0 amide bonds. The number of hydrogen-bond donors (Lipinski definition) is 0. The van der Waals surface area contributed by atoms with Gasteiger partial charge in [0.05, 0.1) is 15.5 Å². The van der Waals surface area contributed by atoms with E-state index in [0.29, 0.717) is 16.8 Å². The molecule has 0 unspecified atom stereocenters. The first-order valence-electron chi connectivity index (χ1n) is 20.3. The normalized spacial score (nSPS) is 22.6. The van der Waals surface area contributed by atoms with E-state index in [-0.39, 0.29) is 32.4 Å². The molecule has 5 aromatic rings. The number of hydrogen-bond acceptors (Lipinski definition) is 6. The highest BCUT2D eigenvalue weighted by Crippen LogP contribution is 2.55. The van der Waals surface area contributed by atoms with Crippen molar-refractivity contribution in [2.75, 3.05) is 4.90 Å². The number of anilines is 3. The molecule has 1 aliphatic carbocycles. The van der Waals surface area contributed by atoms with Gasteiger partial charge in [-0.2, -0.15) is 0 Å². The number of pyridine rings is 1. The molecule has 0 bridgehead atoms. The molecule has 2 atom stereocenters. The van der Waals surface area contributed by atoms with Crippen molar-refractivity contribution < 1.29 is 15.9 Å². The van der Waals surface area contributed by atoms with Gasteiger partial charge in [0.15, 0.2) is 0 Å². The van der Waals surface area contributed by atoms with Crippen molar-refractivity contribution in [1.29, 1.82) is 0 Å². The summed E-state index contributed by atoms with van der Waals surface area (Å²) in [7, 11) is -4.10. The Kier molecular flexibility index (Phi) is 7.65. The fraction of sp³-hybridized carbons (Fsp3) is 0.375. The zero-order chi connectivity index (χ0) is 41.4. The minimum Gasteiger partial charge on any atom is -0.468 e. The van der Waals surface area contributed by atoms with Crippen LogP contribution in [0.1, 0.15) is 127 Å². The Bertz CT molecular complexity index is 2680. The number of nitrogens with zero attached hydrogens (tertiary/aromatic N) is 3. The summed E-state index contributed by atoms with van der Waals surface area (Å²) in [5.74, 6) is 1.000. The maximum Gasteiger partial charge on any atom is 0.217 e. The number of benzene rings is 4. The van der Waals surface area contributed by atoms with E-state index in [9.17, 15) is 11.2 Å². The number of rotatable bonds is 5. The molecule has 0 saturated heterocycles. The van der Waals surface area contributed by atoms with Crippen LogP contribution in [0, 0.1) is 20.8 Å². The second-order valence-electron chi connectivity index (χ2n) is 17.9. The molecular weight excluding hydrogens is 699 g/mol. The zero-order valence-corrected chi connectivity index (χ0v) is 35.0. The number of sulfone groups is 1. The third-order valence-corrected chi connectivity index (χ3v) is 14.1. The molecule has 284 valence electrons. The first kappa shape index (κ1) is 34.7. The van der Waals surface area contributed by atoms with Crippen LogP contribution >= 0.6 is 0 Å². The Morgan fingerprint density at radius 2 is 1.58 bits per heavy atom. The summed E-state index contributed by atoms with van der Waals surface area (Å²) >= 11 is 0. The average molecular weight is 754 g/mol. The number of ether oxygens (including phenoxy) is 1. The second kappa shape index (κ2) is 12.1. The molecule has 3 aliphatic rings. The third kappa shape index (κ3) is 5.59. The lowest BCUT2D eigenvalue weighted by Gasteiger charge is -2.42. The van der Waals surface area contributed by atoms with Crippen molar-refractivity contribution in [3.8, 4) is 0 Å². The van der Waals surface area contributed by atoms with Gasteiger partial charge in [-0.15, -0.1) is 0 Å². The molecule has 0 radical (unpaired) electrons. The topological polar surface area (TPSA) is 71.9 Å². The largest absolute Gasteiger partial charge is 0.468 e. The lowest BCUT2D eigenvalue weighted by Crippen LogP contribution is -2.41. The monoisotopic (exact) mass is 753 g/mol. The van der Waals surface area contributed by atoms with Gasteiger partial charge in [-0.1, -0.05) is 78.8 Å². The molecule has 6 nitrogen and oxygen atoms in total.